The van der Waals surface area contributed by atoms with Crippen LogP contribution in [0.2, 0.25) is 0 Å². The highest BCUT2D eigenvalue weighted by Gasteiger charge is 2.43. The van der Waals surface area contributed by atoms with E-state index in [1.165, 1.54) is 7.11 Å². The van der Waals surface area contributed by atoms with Gasteiger partial charge in [0.1, 0.15) is 37.6 Å². The fourth-order valence-corrected chi connectivity index (χ4v) is 3.71. The van der Waals surface area contributed by atoms with Gasteiger partial charge in [-0.05, 0) is 48.1 Å². The van der Waals surface area contributed by atoms with Crippen molar-refractivity contribution >= 4 is 5.71 Å². The van der Waals surface area contributed by atoms with Crippen LogP contribution in [0.3, 0.4) is 0 Å². The van der Waals surface area contributed by atoms with E-state index in [9.17, 15) is 20.4 Å². The van der Waals surface area contributed by atoms with Crippen LogP contribution in [0.4, 0.5) is 0 Å². The summed E-state index contributed by atoms with van der Waals surface area (Å²) < 4.78 is 5.69. The molecule has 30 heavy (non-hydrogen) atoms. The molecule has 4 N–H and O–H groups in total. The number of hydrogen-bond acceptors (Lipinski definition) is 7. The average molecular weight is 415 g/mol. The van der Waals surface area contributed by atoms with Crippen LogP contribution in [0.15, 0.2) is 47.6 Å². The molecule has 2 aromatic rings. The van der Waals surface area contributed by atoms with E-state index in [-0.39, 0.29) is 0 Å². The number of oxime groups is 1. The maximum atomic E-state index is 10.4. The summed E-state index contributed by atoms with van der Waals surface area (Å²) in [5.74, 6) is 0. The molecule has 1 aliphatic rings. The minimum atomic E-state index is -1.39. The van der Waals surface area contributed by atoms with Gasteiger partial charge in [-0.15, -0.1) is 0 Å². The third kappa shape index (κ3) is 4.71. The van der Waals surface area contributed by atoms with Gasteiger partial charge in [0.25, 0.3) is 0 Å². The maximum absolute atomic E-state index is 10.4. The van der Waals surface area contributed by atoms with Crippen LogP contribution < -0.4 is 0 Å². The van der Waals surface area contributed by atoms with Crippen LogP contribution in [0, 0.1) is 6.92 Å². The first-order valence-electron chi connectivity index (χ1n) is 9.92. The van der Waals surface area contributed by atoms with E-state index in [1.807, 2.05) is 56.3 Å². The van der Waals surface area contributed by atoms with Crippen LogP contribution in [0.1, 0.15) is 40.8 Å². The van der Waals surface area contributed by atoms with Crippen LogP contribution in [0.25, 0.3) is 0 Å². The lowest BCUT2D eigenvalue weighted by molar-refractivity contribution is -0.231. The van der Waals surface area contributed by atoms with E-state index in [0.717, 1.165) is 28.0 Å². The molecule has 1 saturated heterocycles. The van der Waals surface area contributed by atoms with E-state index in [2.05, 4.69) is 5.16 Å². The summed E-state index contributed by atoms with van der Waals surface area (Å²) in [6.07, 6.45) is -5.14. The quantitative estimate of drug-likeness (QED) is 0.420. The highest BCUT2D eigenvalue weighted by Crippen LogP contribution is 2.33. The van der Waals surface area contributed by atoms with E-state index in [4.69, 9.17) is 9.57 Å². The van der Waals surface area contributed by atoms with Crippen molar-refractivity contribution in [3.8, 4) is 0 Å². The monoisotopic (exact) mass is 415 g/mol. The summed E-state index contributed by atoms with van der Waals surface area (Å²) in [7, 11) is 1.52. The Morgan fingerprint density at radius 2 is 1.73 bits per heavy atom. The van der Waals surface area contributed by atoms with Gasteiger partial charge in [-0.3, -0.25) is 0 Å². The first-order chi connectivity index (χ1) is 14.3. The van der Waals surface area contributed by atoms with Gasteiger partial charge in [0.05, 0.1) is 12.3 Å². The van der Waals surface area contributed by atoms with Crippen molar-refractivity contribution in [2.45, 2.75) is 50.8 Å². The second kappa shape index (κ2) is 9.68. The molecule has 0 saturated carbocycles. The third-order valence-corrected chi connectivity index (χ3v) is 5.59. The van der Waals surface area contributed by atoms with Crippen LogP contribution in [0.5, 0.6) is 0 Å². The molecule has 0 aliphatic carbocycles. The number of benzene rings is 2. The minimum absolute atomic E-state index is 0.446. The first-order valence-corrected chi connectivity index (χ1v) is 9.92. The number of aliphatic hydroxyl groups excluding tert-OH is 4. The van der Waals surface area contributed by atoms with Gasteiger partial charge in [-0.25, -0.2) is 0 Å². The van der Waals surface area contributed by atoms with E-state index >= 15 is 0 Å². The predicted octanol–water partition coefficient (Wildman–Crippen LogP) is 1.47. The van der Waals surface area contributed by atoms with Crippen molar-refractivity contribution in [3.63, 3.8) is 0 Å². The summed E-state index contributed by atoms with van der Waals surface area (Å²) in [5, 5.41) is 43.9. The second-order valence-electron chi connectivity index (χ2n) is 7.67. The molecule has 3 rings (SSSR count). The smallest absolute Gasteiger partial charge is 0.113 e. The molecule has 0 spiro atoms. The first kappa shape index (κ1) is 22.4. The number of nitrogens with zero attached hydrogens (tertiary/aromatic N) is 1. The summed E-state index contributed by atoms with van der Waals surface area (Å²) in [5.41, 5.74) is 5.71. The van der Waals surface area contributed by atoms with Crippen LogP contribution >= 0.6 is 0 Å². The van der Waals surface area contributed by atoms with Gasteiger partial charge in [0, 0.05) is 0 Å². The van der Waals surface area contributed by atoms with Crippen molar-refractivity contribution < 1.29 is 30.0 Å². The molecule has 0 bridgehead atoms. The van der Waals surface area contributed by atoms with Gasteiger partial charge in [0.15, 0.2) is 0 Å². The Morgan fingerprint density at radius 1 is 1.03 bits per heavy atom. The van der Waals surface area contributed by atoms with Gasteiger partial charge in [-0.1, -0.05) is 47.6 Å². The highest BCUT2D eigenvalue weighted by molar-refractivity contribution is 5.98. The molecule has 7 nitrogen and oxygen atoms in total. The molecule has 0 radical (unpaired) electrons. The van der Waals surface area contributed by atoms with Gasteiger partial charge in [-0.2, -0.15) is 0 Å². The Kier molecular flexibility index (Phi) is 7.23. The van der Waals surface area contributed by atoms with Crippen molar-refractivity contribution in [1.82, 2.24) is 0 Å². The fourth-order valence-electron chi connectivity index (χ4n) is 3.71. The summed E-state index contributed by atoms with van der Waals surface area (Å²) in [4.78, 5) is 4.82. The lowest BCUT2D eigenvalue weighted by Gasteiger charge is -2.40. The second-order valence-corrected chi connectivity index (χ2v) is 7.67. The highest BCUT2D eigenvalue weighted by atomic mass is 16.6. The largest absolute Gasteiger partial charge is 0.399 e. The molecule has 1 heterocycles. The minimum Gasteiger partial charge on any atom is -0.399 e. The average Bonchev–Trinajstić information content (AvgIpc) is 2.75. The Bertz CT molecular complexity index is 880. The number of ether oxygens (including phenoxy) is 1. The maximum Gasteiger partial charge on any atom is 0.113 e. The van der Waals surface area contributed by atoms with Crippen molar-refractivity contribution in [2.24, 2.45) is 5.16 Å². The van der Waals surface area contributed by atoms with Crippen LogP contribution in [-0.4, -0.2) is 64.3 Å². The standard InChI is InChI=1S/C23H29NO6/c1-13-4-7-17(23-22(28)21(27)20(26)19(12-25)30-23)11-18(13)10-15-5-8-16(9-6-15)14(2)24-29-3/h4-9,11,19-23,25-28H,10,12H2,1-3H3. The molecule has 0 amide bonds. The van der Waals surface area contributed by atoms with E-state index in [1.54, 1.807) is 0 Å². The predicted molar refractivity (Wildman–Crippen MR) is 112 cm³/mol. The third-order valence-electron chi connectivity index (χ3n) is 5.59. The zero-order chi connectivity index (χ0) is 21.8. The molecular formula is C23H29NO6. The van der Waals surface area contributed by atoms with Crippen molar-refractivity contribution in [1.29, 1.82) is 0 Å². The van der Waals surface area contributed by atoms with Crippen molar-refractivity contribution in [3.05, 3.63) is 70.3 Å². The zero-order valence-electron chi connectivity index (χ0n) is 17.4. The number of aryl methyl sites for hydroxylation is 1. The zero-order valence-corrected chi connectivity index (χ0v) is 17.4. The van der Waals surface area contributed by atoms with Gasteiger partial charge >= 0.3 is 0 Å². The Balaban J connectivity index is 1.82. The molecule has 5 unspecified atom stereocenters. The molecule has 1 fully saturated rings. The molecule has 162 valence electrons. The topological polar surface area (TPSA) is 112 Å². The SMILES string of the molecule is CON=C(C)c1ccc(Cc2cc(C3OC(CO)C(O)C(O)C3O)ccc2C)cc1. The number of rotatable bonds is 6. The normalized spacial score (nSPS) is 27.2. The Morgan fingerprint density at radius 3 is 2.37 bits per heavy atom. The number of hydrogen-bond donors (Lipinski definition) is 4. The van der Waals surface area contributed by atoms with Crippen LogP contribution in [-0.2, 0) is 16.0 Å². The lowest BCUT2D eigenvalue weighted by atomic mass is 9.89. The molecule has 7 heteroatoms. The van der Waals surface area contributed by atoms with Gasteiger partial charge in [0.2, 0.25) is 0 Å². The fraction of sp³-hybridized carbons (Fsp3) is 0.435. The lowest BCUT2D eigenvalue weighted by Crippen LogP contribution is -2.55. The number of aliphatic hydroxyl groups is 4. The summed E-state index contributed by atoms with van der Waals surface area (Å²) in [6, 6.07) is 13.8. The molecule has 5 atom stereocenters. The molecular weight excluding hydrogens is 386 g/mol. The Hall–Kier alpha value is -2.29. The summed E-state index contributed by atoms with van der Waals surface area (Å²) >= 11 is 0. The molecule has 0 aromatic heterocycles. The molecule has 2 aromatic carbocycles. The Labute approximate surface area is 176 Å². The molecule has 1 aliphatic heterocycles. The van der Waals surface area contributed by atoms with E-state index in [0.29, 0.717) is 12.0 Å². The van der Waals surface area contributed by atoms with Gasteiger partial charge < -0.3 is 30.0 Å². The van der Waals surface area contributed by atoms with Crippen molar-refractivity contribution in [2.75, 3.05) is 13.7 Å². The summed E-state index contributed by atoms with van der Waals surface area (Å²) in [6.45, 7) is 3.45. The van der Waals surface area contributed by atoms with E-state index < -0.39 is 37.1 Å².